The van der Waals surface area contributed by atoms with Gasteiger partial charge in [0.1, 0.15) is 0 Å². The lowest BCUT2D eigenvalue weighted by Crippen LogP contribution is -2.52. The standard InChI is InChI=1S/C20H25N3O3S3/c1-15-21-16(12-27-15)13-28-19-5-3-2-4-18(19)20(24)23-9-7-22(8-10-23)17-6-11-29(25,26)14-17/h2-5,12,17H,6-11,13-14H2,1H3. The molecule has 1 atom stereocenters. The Hall–Kier alpha value is -1.42. The summed E-state index contributed by atoms with van der Waals surface area (Å²) in [5.41, 5.74) is 1.78. The second-order valence-electron chi connectivity index (χ2n) is 7.53. The van der Waals surface area contributed by atoms with Crippen LogP contribution in [0.25, 0.3) is 0 Å². The molecule has 4 rings (SSSR count). The fourth-order valence-electron chi connectivity index (χ4n) is 3.92. The number of amides is 1. The molecule has 9 heteroatoms. The first kappa shape index (κ1) is 20.8. The SMILES string of the molecule is Cc1nc(CSc2ccccc2C(=O)N2CCN(C3CCS(=O)(=O)C3)CC2)cs1. The predicted molar refractivity (Wildman–Crippen MR) is 117 cm³/mol. The van der Waals surface area contributed by atoms with Gasteiger partial charge in [-0.25, -0.2) is 13.4 Å². The van der Waals surface area contributed by atoms with Crippen LogP contribution in [-0.2, 0) is 15.6 Å². The molecule has 2 aliphatic heterocycles. The summed E-state index contributed by atoms with van der Waals surface area (Å²) in [6, 6.07) is 7.87. The number of sulfone groups is 1. The highest BCUT2D eigenvalue weighted by Gasteiger charge is 2.34. The zero-order valence-electron chi connectivity index (χ0n) is 16.4. The summed E-state index contributed by atoms with van der Waals surface area (Å²) in [6.45, 7) is 4.74. The third-order valence-electron chi connectivity index (χ3n) is 5.49. The molecule has 0 bridgehead atoms. The van der Waals surface area contributed by atoms with Gasteiger partial charge in [-0.15, -0.1) is 23.1 Å². The maximum atomic E-state index is 13.2. The van der Waals surface area contributed by atoms with Gasteiger partial charge in [0.15, 0.2) is 9.84 Å². The summed E-state index contributed by atoms with van der Waals surface area (Å²) < 4.78 is 23.5. The van der Waals surface area contributed by atoms with Crippen LogP contribution in [0.3, 0.4) is 0 Å². The molecular weight excluding hydrogens is 426 g/mol. The Morgan fingerprint density at radius 2 is 2.00 bits per heavy atom. The van der Waals surface area contributed by atoms with E-state index in [1.165, 1.54) is 0 Å². The normalized spacial score (nSPS) is 22.1. The molecule has 6 nitrogen and oxygen atoms in total. The molecule has 1 amide bonds. The zero-order chi connectivity index (χ0) is 20.4. The van der Waals surface area contributed by atoms with E-state index in [4.69, 9.17) is 0 Å². The van der Waals surface area contributed by atoms with Gasteiger partial charge in [0.2, 0.25) is 0 Å². The number of piperazine rings is 1. The van der Waals surface area contributed by atoms with Gasteiger partial charge in [0, 0.05) is 48.2 Å². The monoisotopic (exact) mass is 451 g/mol. The number of thiazole rings is 1. The second-order valence-corrected chi connectivity index (χ2v) is 11.8. The molecule has 2 fully saturated rings. The maximum Gasteiger partial charge on any atom is 0.255 e. The van der Waals surface area contributed by atoms with Crippen molar-refractivity contribution >= 4 is 38.8 Å². The molecule has 2 aromatic rings. The molecule has 0 aliphatic carbocycles. The molecular formula is C20H25N3O3S3. The predicted octanol–water partition coefficient (Wildman–Crippen LogP) is 2.69. The molecule has 156 valence electrons. The van der Waals surface area contributed by atoms with E-state index in [-0.39, 0.29) is 17.7 Å². The van der Waals surface area contributed by atoms with Gasteiger partial charge in [-0.2, -0.15) is 0 Å². The van der Waals surface area contributed by atoms with E-state index in [0.29, 0.717) is 25.3 Å². The quantitative estimate of drug-likeness (QED) is 0.651. The molecule has 0 N–H and O–H groups in total. The van der Waals surface area contributed by atoms with Crippen LogP contribution in [-0.4, -0.2) is 72.8 Å². The molecule has 0 spiro atoms. The van der Waals surface area contributed by atoms with E-state index in [1.54, 1.807) is 23.1 Å². The molecule has 3 heterocycles. The summed E-state index contributed by atoms with van der Waals surface area (Å²) >= 11 is 3.29. The fraction of sp³-hybridized carbons (Fsp3) is 0.500. The molecule has 1 aromatic carbocycles. The Labute approximate surface area is 180 Å². The van der Waals surface area contributed by atoms with Crippen LogP contribution in [0, 0.1) is 6.92 Å². The highest BCUT2D eigenvalue weighted by molar-refractivity contribution is 7.98. The van der Waals surface area contributed by atoms with Crippen molar-refractivity contribution in [1.82, 2.24) is 14.8 Å². The van der Waals surface area contributed by atoms with Crippen LogP contribution in [0.5, 0.6) is 0 Å². The van der Waals surface area contributed by atoms with Crippen molar-refractivity contribution in [3.63, 3.8) is 0 Å². The summed E-state index contributed by atoms with van der Waals surface area (Å²) in [7, 11) is -2.88. The van der Waals surface area contributed by atoms with Crippen LogP contribution in [0.1, 0.15) is 27.5 Å². The number of aromatic nitrogens is 1. The van der Waals surface area contributed by atoms with E-state index in [1.807, 2.05) is 36.1 Å². The molecule has 2 saturated heterocycles. The first-order valence-corrected chi connectivity index (χ1v) is 13.5. The number of benzene rings is 1. The number of hydrogen-bond donors (Lipinski definition) is 0. The van der Waals surface area contributed by atoms with E-state index >= 15 is 0 Å². The van der Waals surface area contributed by atoms with Crippen molar-refractivity contribution in [2.24, 2.45) is 0 Å². The Bertz CT molecular complexity index is 982. The van der Waals surface area contributed by atoms with Crippen molar-refractivity contribution in [2.45, 2.75) is 30.0 Å². The minimum Gasteiger partial charge on any atom is -0.336 e. The van der Waals surface area contributed by atoms with Crippen molar-refractivity contribution in [2.75, 3.05) is 37.7 Å². The minimum atomic E-state index is -2.88. The Balaban J connectivity index is 1.37. The van der Waals surface area contributed by atoms with Crippen LogP contribution >= 0.6 is 23.1 Å². The van der Waals surface area contributed by atoms with Crippen molar-refractivity contribution in [3.8, 4) is 0 Å². The molecule has 2 aliphatic rings. The van der Waals surface area contributed by atoms with E-state index in [2.05, 4.69) is 15.3 Å². The zero-order valence-corrected chi connectivity index (χ0v) is 18.9. The summed E-state index contributed by atoms with van der Waals surface area (Å²) in [6.07, 6.45) is 0.714. The Kier molecular flexibility index (Phi) is 6.29. The molecule has 1 unspecified atom stereocenters. The van der Waals surface area contributed by atoms with Crippen molar-refractivity contribution in [3.05, 3.63) is 45.9 Å². The average Bonchev–Trinajstić information content (AvgIpc) is 3.31. The van der Waals surface area contributed by atoms with Gasteiger partial charge in [-0.3, -0.25) is 9.69 Å². The lowest BCUT2D eigenvalue weighted by atomic mass is 10.1. The van der Waals surface area contributed by atoms with E-state index < -0.39 is 9.84 Å². The van der Waals surface area contributed by atoms with Gasteiger partial charge < -0.3 is 4.90 Å². The van der Waals surface area contributed by atoms with Crippen LogP contribution in [0.15, 0.2) is 34.5 Å². The van der Waals surface area contributed by atoms with Gasteiger partial charge >= 0.3 is 0 Å². The van der Waals surface area contributed by atoms with Gasteiger partial charge in [-0.1, -0.05) is 12.1 Å². The van der Waals surface area contributed by atoms with Gasteiger partial charge in [0.25, 0.3) is 5.91 Å². The van der Waals surface area contributed by atoms with Crippen LogP contribution in [0.2, 0.25) is 0 Å². The largest absolute Gasteiger partial charge is 0.336 e. The third-order valence-corrected chi connectivity index (χ3v) is 9.17. The number of rotatable bonds is 5. The Morgan fingerprint density at radius 1 is 1.24 bits per heavy atom. The lowest BCUT2D eigenvalue weighted by molar-refractivity contribution is 0.0584. The number of nitrogens with zero attached hydrogens (tertiary/aromatic N) is 3. The summed E-state index contributed by atoms with van der Waals surface area (Å²) in [4.78, 5) is 22.8. The topological polar surface area (TPSA) is 70.6 Å². The number of aryl methyl sites for hydroxylation is 1. The lowest BCUT2D eigenvalue weighted by Gasteiger charge is -2.37. The van der Waals surface area contributed by atoms with Gasteiger partial charge in [-0.05, 0) is 25.5 Å². The maximum absolute atomic E-state index is 13.2. The Morgan fingerprint density at radius 3 is 2.66 bits per heavy atom. The molecule has 0 radical (unpaired) electrons. The summed E-state index contributed by atoms with van der Waals surface area (Å²) in [5, 5.41) is 3.12. The molecule has 0 saturated carbocycles. The average molecular weight is 452 g/mol. The van der Waals surface area contributed by atoms with E-state index in [9.17, 15) is 13.2 Å². The first-order valence-electron chi connectivity index (χ1n) is 9.78. The number of carbonyl (C=O) groups excluding carboxylic acids is 1. The number of carbonyl (C=O) groups is 1. The number of thioether (sulfide) groups is 1. The number of hydrogen-bond acceptors (Lipinski definition) is 7. The fourth-order valence-corrected chi connectivity index (χ4v) is 7.34. The van der Waals surface area contributed by atoms with Crippen LogP contribution < -0.4 is 0 Å². The smallest absolute Gasteiger partial charge is 0.255 e. The third kappa shape index (κ3) is 5.02. The highest BCUT2D eigenvalue weighted by Crippen LogP contribution is 2.28. The molecule has 1 aromatic heterocycles. The van der Waals surface area contributed by atoms with Crippen molar-refractivity contribution in [1.29, 1.82) is 0 Å². The minimum absolute atomic E-state index is 0.0567. The van der Waals surface area contributed by atoms with Crippen LogP contribution in [0.4, 0.5) is 0 Å². The first-order chi connectivity index (χ1) is 13.9. The van der Waals surface area contributed by atoms with E-state index in [0.717, 1.165) is 40.0 Å². The molecule has 29 heavy (non-hydrogen) atoms. The second kappa shape index (κ2) is 8.75. The highest BCUT2D eigenvalue weighted by atomic mass is 32.2. The summed E-state index contributed by atoms with van der Waals surface area (Å²) in [5.74, 6) is 1.36. The van der Waals surface area contributed by atoms with Crippen molar-refractivity contribution < 1.29 is 13.2 Å². The van der Waals surface area contributed by atoms with Gasteiger partial charge in [0.05, 0.1) is 27.8 Å².